The van der Waals surface area contributed by atoms with Gasteiger partial charge in [0.25, 0.3) is 0 Å². The molecule has 0 saturated carbocycles. The molecule has 7 nitrogen and oxygen atoms in total. The zero-order chi connectivity index (χ0) is 16.8. The van der Waals surface area contributed by atoms with E-state index in [1.165, 1.54) is 6.33 Å². The van der Waals surface area contributed by atoms with E-state index in [0.717, 1.165) is 36.4 Å². The summed E-state index contributed by atoms with van der Waals surface area (Å²) in [7, 11) is 0. The first kappa shape index (κ1) is 16.5. The van der Waals surface area contributed by atoms with E-state index in [-0.39, 0.29) is 6.10 Å². The first-order valence-electron chi connectivity index (χ1n) is 7.87. The van der Waals surface area contributed by atoms with E-state index in [4.69, 9.17) is 17.0 Å². The van der Waals surface area contributed by atoms with Crippen molar-refractivity contribution in [3.63, 3.8) is 0 Å². The van der Waals surface area contributed by atoms with Gasteiger partial charge in [0.2, 0.25) is 0 Å². The minimum absolute atomic E-state index is 0.249. The molecule has 2 heterocycles. The van der Waals surface area contributed by atoms with Crippen LogP contribution in [0.3, 0.4) is 0 Å². The van der Waals surface area contributed by atoms with Gasteiger partial charge in [0.05, 0.1) is 17.5 Å². The zero-order valence-corrected chi connectivity index (χ0v) is 14.3. The Kier molecular flexibility index (Phi) is 5.50. The topological polar surface area (TPSA) is 76.4 Å². The van der Waals surface area contributed by atoms with Gasteiger partial charge in [-0.05, 0) is 49.7 Å². The van der Waals surface area contributed by atoms with E-state index in [0.29, 0.717) is 11.7 Å². The van der Waals surface area contributed by atoms with E-state index in [2.05, 4.69) is 25.9 Å². The Hall–Kier alpha value is -2.32. The van der Waals surface area contributed by atoms with Gasteiger partial charge in [0.1, 0.15) is 12.7 Å². The van der Waals surface area contributed by atoms with Gasteiger partial charge in [-0.1, -0.05) is 12.1 Å². The van der Waals surface area contributed by atoms with Crippen LogP contribution >= 0.6 is 12.2 Å². The van der Waals surface area contributed by atoms with Gasteiger partial charge in [0, 0.05) is 13.2 Å². The number of hydrogen-bond acceptors (Lipinski definition) is 5. The summed E-state index contributed by atoms with van der Waals surface area (Å²) in [6, 6.07) is 7.91. The SMILES string of the molecule is CC(=NNC(=S)NCC1CCCO1)c1ccc(-n2cncn2)cc1. The predicted octanol–water partition coefficient (Wildman–Crippen LogP) is 1.63. The average molecular weight is 344 g/mol. The molecule has 1 aliphatic rings. The number of nitrogens with one attached hydrogen (secondary N) is 2. The molecule has 1 unspecified atom stereocenters. The first-order valence-corrected chi connectivity index (χ1v) is 8.28. The van der Waals surface area contributed by atoms with Crippen molar-refractivity contribution < 1.29 is 4.74 Å². The maximum atomic E-state index is 5.54. The highest BCUT2D eigenvalue weighted by molar-refractivity contribution is 7.80. The van der Waals surface area contributed by atoms with Crippen molar-refractivity contribution in [2.75, 3.05) is 13.2 Å². The minimum Gasteiger partial charge on any atom is -0.376 e. The molecule has 1 atom stereocenters. The predicted molar refractivity (Wildman–Crippen MR) is 96.3 cm³/mol. The van der Waals surface area contributed by atoms with Crippen LogP contribution in [-0.2, 0) is 4.74 Å². The van der Waals surface area contributed by atoms with Crippen LogP contribution in [0.15, 0.2) is 42.0 Å². The van der Waals surface area contributed by atoms with Crippen molar-refractivity contribution in [1.29, 1.82) is 0 Å². The molecule has 8 heteroatoms. The molecule has 126 valence electrons. The number of aromatic nitrogens is 3. The Balaban J connectivity index is 1.52. The molecule has 1 aromatic heterocycles. The number of hydrazone groups is 1. The summed E-state index contributed by atoms with van der Waals surface area (Å²) in [4.78, 5) is 3.94. The molecular weight excluding hydrogens is 324 g/mol. The van der Waals surface area contributed by atoms with Crippen LogP contribution in [0.25, 0.3) is 5.69 Å². The van der Waals surface area contributed by atoms with Crippen LogP contribution in [0.2, 0.25) is 0 Å². The molecule has 2 aromatic rings. The summed E-state index contributed by atoms with van der Waals surface area (Å²) in [6.45, 7) is 3.49. The van der Waals surface area contributed by atoms with Crippen LogP contribution in [0.5, 0.6) is 0 Å². The fraction of sp³-hybridized carbons (Fsp3) is 0.375. The van der Waals surface area contributed by atoms with Crippen molar-refractivity contribution >= 4 is 23.0 Å². The maximum Gasteiger partial charge on any atom is 0.187 e. The van der Waals surface area contributed by atoms with Crippen LogP contribution < -0.4 is 10.7 Å². The Morgan fingerprint density at radius 3 is 2.92 bits per heavy atom. The molecule has 0 aliphatic carbocycles. The third kappa shape index (κ3) is 4.36. The van der Waals surface area contributed by atoms with Crippen LogP contribution in [0.4, 0.5) is 0 Å². The molecule has 0 bridgehead atoms. The van der Waals surface area contributed by atoms with E-state index >= 15 is 0 Å². The lowest BCUT2D eigenvalue weighted by Gasteiger charge is -2.12. The van der Waals surface area contributed by atoms with Crippen LogP contribution in [0.1, 0.15) is 25.3 Å². The second-order valence-electron chi connectivity index (χ2n) is 5.54. The highest BCUT2D eigenvalue weighted by atomic mass is 32.1. The summed E-state index contributed by atoms with van der Waals surface area (Å²) in [5.74, 6) is 0. The Morgan fingerprint density at radius 1 is 1.42 bits per heavy atom. The second kappa shape index (κ2) is 7.98. The van der Waals surface area contributed by atoms with Crippen LogP contribution in [-0.4, -0.2) is 44.8 Å². The summed E-state index contributed by atoms with van der Waals surface area (Å²) < 4.78 is 7.25. The molecule has 3 rings (SSSR count). The molecule has 1 aromatic carbocycles. The van der Waals surface area contributed by atoms with Gasteiger partial charge < -0.3 is 10.1 Å². The van der Waals surface area contributed by atoms with Crippen molar-refractivity contribution in [2.24, 2.45) is 5.10 Å². The number of ether oxygens (including phenoxy) is 1. The first-order chi connectivity index (χ1) is 11.7. The van der Waals surface area contributed by atoms with Gasteiger partial charge in [-0.15, -0.1) is 0 Å². The van der Waals surface area contributed by atoms with Crippen molar-refractivity contribution in [2.45, 2.75) is 25.9 Å². The lowest BCUT2D eigenvalue weighted by atomic mass is 10.1. The molecule has 0 radical (unpaired) electrons. The lowest BCUT2D eigenvalue weighted by Crippen LogP contribution is -2.37. The quantitative estimate of drug-likeness (QED) is 0.488. The van der Waals surface area contributed by atoms with Gasteiger partial charge >= 0.3 is 0 Å². The summed E-state index contributed by atoms with van der Waals surface area (Å²) in [5, 5.41) is 12.1. The van der Waals surface area contributed by atoms with Crippen molar-refractivity contribution in [3.8, 4) is 5.69 Å². The Bertz CT molecular complexity index is 692. The van der Waals surface area contributed by atoms with E-state index in [9.17, 15) is 0 Å². The fourth-order valence-corrected chi connectivity index (χ4v) is 2.58. The van der Waals surface area contributed by atoms with E-state index in [1.54, 1.807) is 11.0 Å². The van der Waals surface area contributed by atoms with Gasteiger partial charge in [0.15, 0.2) is 5.11 Å². The molecule has 0 amide bonds. The fourth-order valence-electron chi connectivity index (χ4n) is 2.45. The van der Waals surface area contributed by atoms with Crippen LogP contribution in [0, 0.1) is 0 Å². The zero-order valence-electron chi connectivity index (χ0n) is 13.5. The maximum absolute atomic E-state index is 5.54. The van der Waals surface area contributed by atoms with Gasteiger partial charge in [-0.25, -0.2) is 9.67 Å². The Morgan fingerprint density at radius 2 is 2.25 bits per heavy atom. The summed E-state index contributed by atoms with van der Waals surface area (Å²) in [5.41, 5.74) is 5.68. The molecule has 0 spiro atoms. The van der Waals surface area contributed by atoms with Gasteiger partial charge in [-0.2, -0.15) is 10.2 Å². The molecular formula is C16H20N6OS. The normalized spacial score (nSPS) is 17.7. The lowest BCUT2D eigenvalue weighted by molar-refractivity contribution is 0.114. The largest absolute Gasteiger partial charge is 0.376 e. The number of thiocarbonyl (C=S) groups is 1. The number of rotatable bonds is 5. The summed E-state index contributed by atoms with van der Waals surface area (Å²) >= 11 is 5.23. The van der Waals surface area contributed by atoms with E-state index in [1.807, 2.05) is 31.2 Å². The standard InChI is InChI=1S/C16H20N6OS/c1-12(20-21-16(24)18-9-15-3-2-8-23-15)13-4-6-14(7-5-13)22-11-17-10-19-22/h4-7,10-11,15H,2-3,8-9H2,1H3,(H2,18,21,24). The smallest absolute Gasteiger partial charge is 0.187 e. The van der Waals surface area contributed by atoms with E-state index < -0.39 is 0 Å². The molecule has 24 heavy (non-hydrogen) atoms. The molecule has 2 N–H and O–H groups in total. The van der Waals surface area contributed by atoms with Crippen molar-refractivity contribution in [3.05, 3.63) is 42.5 Å². The third-order valence-electron chi connectivity index (χ3n) is 3.81. The number of hydrogen-bond donors (Lipinski definition) is 2. The monoisotopic (exact) mass is 344 g/mol. The third-order valence-corrected chi connectivity index (χ3v) is 4.04. The molecule has 1 saturated heterocycles. The molecule has 1 aliphatic heterocycles. The van der Waals surface area contributed by atoms with Gasteiger partial charge in [-0.3, -0.25) is 5.43 Å². The van der Waals surface area contributed by atoms with Crippen molar-refractivity contribution in [1.82, 2.24) is 25.5 Å². The molecule has 1 fully saturated rings. The minimum atomic E-state index is 0.249. The average Bonchev–Trinajstić information content (AvgIpc) is 3.31. The number of benzene rings is 1. The highest BCUT2D eigenvalue weighted by Crippen LogP contribution is 2.10. The highest BCUT2D eigenvalue weighted by Gasteiger charge is 2.15. The second-order valence-corrected chi connectivity index (χ2v) is 5.95. The Labute approximate surface area is 146 Å². The number of nitrogens with zero attached hydrogens (tertiary/aromatic N) is 4. The summed E-state index contributed by atoms with van der Waals surface area (Å²) in [6.07, 6.45) is 5.62.